The van der Waals surface area contributed by atoms with Gasteiger partial charge in [-0.15, -0.1) is 0 Å². The molecule has 1 aliphatic heterocycles. The Morgan fingerprint density at radius 3 is 2.58 bits per heavy atom. The maximum Gasteiger partial charge on any atom is 0.0476 e. The first kappa shape index (κ1) is 13.1. The highest BCUT2D eigenvalue weighted by Gasteiger charge is 2.35. The highest BCUT2D eigenvalue weighted by Crippen LogP contribution is 2.36. The molecular formula is C17H26N2. The van der Waals surface area contributed by atoms with Crippen LogP contribution in [0.4, 0.5) is 0 Å². The van der Waals surface area contributed by atoms with Crippen LogP contribution >= 0.6 is 0 Å². The summed E-state index contributed by atoms with van der Waals surface area (Å²) in [5.41, 5.74) is 1.47. The van der Waals surface area contributed by atoms with Gasteiger partial charge < -0.3 is 5.32 Å². The van der Waals surface area contributed by atoms with Crippen LogP contribution in [0.5, 0.6) is 0 Å². The van der Waals surface area contributed by atoms with Crippen molar-refractivity contribution in [3.63, 3.8) is 0 Å². The van der Waals surface area contributed by atoms with Crippen molar-refractivity contribution in [2.45, 2.75) is 51.2 Å². The third-order valence-electron chi connectivity index (χ3n) is 5.08. The Labute approximate surface area is 117 Å². The van der Waals surface area contributed by atoms with Crippen LogP contribution < -0.4 is 5.32 Å². The van der Waals surface area contributed by atoms with Crippen LogP contribution in [0.25, 0.3) is 0 Å². The number of hydrogen-bond donors (Lipinski definition) is 1. The van der Waals surface area contributed by atoms with Gasteiger partial charge in [0.15, 0.2) is 0 Å². The Kier molecular flexibility index (Phi) is 3.90. The van der Waals surface area contributed by atoms with E-state index in [-0.39, 0.29) is 0 Å². The van der Waals surface area contributed by atoms with Gasteiger partial charge in [-0.25, -0.2) is 0 Å². The Bertz CT molecular complexity index is 399. The van der Waals surface area contributed by atoms with E-state index >= 15 is 0 Å². The third kappa shape index (κ3) is 2.70. The lowest BCUT2D eigenvalue weighted by Crippen LogP contribution is -2.56. The van der Waals surface area contributed by atoms with Crippen LogP contribution in [0, 0.1) is 5.92 Å². The fourth-order valence-electron chi connectivity index (χ4n) is 3.57. The maximum absolute atomic E-state index is 3.65. The molecule has 2 heteroatoms. The summed E-state index contributed by atoms with van der Waals surface area (Å²) < 4.78 is 0. The molecule has 2 fully saturated rings. The fraction of sp³-hybridized carbons (Fsp3) is 0.647. The van der Waals surface area contributed by atoms with E-state index in [0.717, 1.165) is 18.5 Å². The van der Waals surface area contributed by atoms with Crippen molar-refractivity contribution in [3.8, 4) is 0 Å². The van der Waals surface area contributed by atoms with Crippen molar-refractivity contribution >= 4 is 0 Å². The molecule has 1 saturated carbocycles. The molecule has 1 N–H and O–H groups in total. The lowest BCUT2D eigenvalue weighted by Gasteiger charge is -2.47. The molecule has 3 rings (SSSR count). The molecule has 104 valence electrons. The molecule has 0 aromatic heterocycles. The number of hydrogen-bond acceptors (Lipinski definition) is 2. The van der Waals surface area contributed by atoms with Crippen LogP contribution in [0.1, 0.15) is 44.7 Å². The summed E-state index contributed by atoms with van der Waals surface area (Å²) in [5, 5.41) is 3.65. The number of nitrogens with one attached hydrogen (secondary N) is 1. The van der Waals surface area contributed by atoms with E-state index in [1.807, 2.05) is 0 Å². The highest BCUT2D eigenvalue weighted by molar-refractivity contribution is 5.20. The Morgan fingerprint density at radius 2 is 1.95 bits per heavy atom. The monoisotopic (exact) mass is 258 g/mol. The molecule has 19 heavy (non-hydrogen) atoms. The van der Waals surface area contributed by atoms with Gasteiger partial charge in [0.1, 0.15) is 0 Å². The minimum atomic E-state index is 0.549. The van der Waals surface area contributed by atoms with Crippen LogP contribution in [-0.2, 0) is 0 Å². The number of nitrogens with zero attached hydrogens (tertiary/aromatic N) is 1. The topological polar surface area (TPSA) is 15.3 Å². The predicted octanol–water partition coefficient (Wildman–Crippen LogP) is 3.21. The van der Waals surface area contributed by atoms with Crippen molar-refractivity contribution in [3.05, 3.63) is 35.9 Å². The van der Waals surface area contributed by atoms with Gasteiger partial charge in [0.2, 0.25) is 0 Å². The molecule has 2 nitrogen and oxygen atoms in total. The first-order valence-electron chi connectivity index (χ1n) is 7.80. The minimum absolute atomic E-state index is 0.549. The van der Waals surface area contributed by atoms with Crippen molar-refractivity contribution < 1.29 is 0 Å². The van der Waals surface area contributed by atoms with Crippen LogP contribution in [0.2, 0.25) is 0 Å². The van der Waals surface area contributed by atoms with E-state index in [1.165, 1.54) is 31.4 Å². The summed E-state index contributed by atoms with van der Waals surface area (Å²) in [6.07, 6.45) is 4.30. The van der Waals surface area contributed by atoms with Crippen molar-refractivity contribution in [1.82, 2.24) is 10.2 Å². The van der Waals surface area contributed by atoms with E-state index in [0.29, 0.717) is 12.1 Å². The van der Waals surface area contributed by atoms with E-state index in [2.05, 4.69) is 54.4 Å². The Hall–Kier alpha value is -0.860. The Morgan fingerprint density at radius 1 is 1.21 bits per heavy atom. The predicted molar refractivity (Wildman–Crippen MR) is 80.2 cm³/mol. The van der Waals surface area contributed by atoms with Crippen LogP contribution in [0.15, 0.2) is 30.3 Å². The lowest BCUT2D eigenvalue weighted by molar-refractivity contribution is 0.0385. The summed E-state index contributed by atoms with van der Waals surface area (Å²) in [6, 6.07) is 12.9. The van der Waals surface area contributed by atoms with Gasteiger partial charge in [0.05, 0.1) is 0 Å². The Balaban J connectivity index is 1.79. The molecule has 3 atom stereocenters. The summed E-state index contributed by atoms with van der Waals surface area (Å²) in [5.74, 6) is 0.927. The average Bonchev–Trinajstić information content (AvgIpc) is 2.37. The van der Waals surface area contributed by atoms with Crippen molar-refractivity contribution in [1.29, 1.82) is 0 Å². The summed E-state index contributed by atoms with van der Waals surface area (Å²) in [4.78, 5) is 2.75. The quantitative estimate of drug-likeness (QED) is 0.895. The summed E-state index contributed by atoms with van der Waals surface area (Å²) >= 11 is 0. The van der Waals surface area contributed by atoms with E-state index in [4.69, 9.17) is 0 Å². The average molecular weight is 258 g/mol. The van der Waals surface area contributed by atoms with Gasteiger partial charge in [-0.05, 0) is 38.2 Å². The molecule has 2 aliphatic rings. The van der Waals surface area contributed by atoms with Crippen LogP contribution in [-0.4, -0.2) is 30.1 Å². The van der Waals surface area contributed by atoms with E-state index < -0.39 is 0 Å². The largest absolute Gasteiger partial charge is 0.311 e. The summed E-state index contributed by atoms with van der Waals surface area (Å²) in [6.45, 7) is 7.01. The smallest absolute Gasteiger partial charge is 0.0476 e. The second kappa shape index (κ2) is 5.64. The number of benzene rings is 1. The van der Waals surface area contributed by atoms with Gasteiger partial charge in [0.25, 0.3) is 0 Å². The summed E-state index contributed by atoms with van der Waals surface area (Å²) in [7, 11) is 0. The molecule has 0 bridgehead atoms. The number of piperazine rings is 1. The minimum Gasteiger partial charge on any atom is -0.311 e. The maximum atomic E-state index is 3.65. The lowest BCUT2D eigenvalue weighted by atomic mass is 9.78. The number of rotatable bonds is 3. The first-order valence-corrected chi connectivity index (χ1v) is 7.80. The molecular weight excluding hydrogens is 232 g/mol. The first-order chi connectivity index (χ1) is 9.25. The van der Waals surface area contributed by atoms with Gasteiger partial charge in [0, 0.05) is 31.2 Å². The van der Waals surface area contributed by atoms with Gasteiger partial charge in [-0.1, -0.05) is 36.8 Å². The third-order valence-corrected chi connectivity index (χ3v) is 5.08. The molecule has 0 amide bonds. The zero-order valence-corrected chi connectivity index (χ0v) is 12.2. The normalized spacial score (nSPS) is 30.8. The van der Waals surface area contributed by atoms with Gasteiger partial charge in [-0.2, -0.15) is 0 Å². The molecule has 1 aliphatic carbocycles. The standard InChI is InChI=1S/C17H26N2/c1-13-12-19(14(2)15-9-6-10-15)17(11-18-13)16-7-4-3-5-8-16/h3-5,7-8,13-15,17-18H,6,9-12H2,1-2H3. The molecule has 1 saturated heterocycles. The molecule has 1 aromatic rings. The van der Waals surface area contributed by atoms with Crippen LogP contribution in [0.3, 0.4) is 0 Å². The van der Waals surface area contributed by atoms with Gasteiger partial charge >= 0.3 is 0 Å². The fourth-order valence-corrected chi connectivity index (χ4v) is 3.57. The van der Waals surface area contributed by atoms with E-state index in [1.54, 1.807) is 0 Å². The zero-order chi connectivity index (χ0) is 13.2. The zero-order valence-electron chi connectivity index (χ0n) is 12.2. The molecule has 1 heterocycles. The second-order valence-electron chi connectivity index (χ2n) is 6.36. The SMILES string of the molecule is CC1CN(C(C)C2CCC2)C(c2ccccc2)CN1. The highest BCUT2D eigenvalue weighted by atomic mass is 15.3. The molecule has 1 aromatic carbocycles. The van der Waals surface area contributed by atoms with Crippen molar-refractivity contribution in [2.75, 3.05) is 13.1 Å². The molecule has 0 spiro atoms. The molecule has 0 radical (unpaired) electrons. The van der Waals surface area contributed by atoms with Crippen molar-refractivity contribution in [2.24, 2.45) is 5.92 Å². The van der Waals surface area contributed by atoms with Gasteiger partial charge in [-0.3, -0.25) is 4.90 Å². The second-order valence-corrected chi connectivity index (χ2v) is 6.36. The van der Waals surface area contributed by atoms with E-state index in [9.17, 15) is 0 Å². The molecule has 3 unspecified atom stereocenters.